The van der Waals surface area contributed by atoms with Crippen LogP contribution < -0.4 is 10.6 Å². The van der Waals surface area contributed by atoms with Crippen LogP contribution in [0, 0.1) is 17.5 Å². The number of hydrogen-bond donors (Lipinski definition) is 3. The molecule has 0 aliphatic carbocycles. The van der Waals surface area contributed by atoms with Gasteiger partial charge in [-0.3, -0.25) is 0 Å². The van der Waals surface area contributed by atoms with E-state index in [4.69, 9.17) is 0 Å². The molecule has 1 unspecified atom stereocenters. The molecule has 22 heavy (non-hydrogen) atoms. The lowest BCUT2D eigenvalue weighted by Gasteiger charge is -2.21. The molecule has 1 aliphatic heterocycles. The molecular formula is C14H17F3N2O2S. The van der Waals surface area contributed by atoms with E-state index in [1.807, 2.05) is 0 Å². The van der Waals surface area contributed by atoms with Crippen molar-refractivity contribution in [2.24, 2.45) is 0 Å². The molecule has 3 N–H and O–H groups in total. The number of hydrogen-bond acceptors (Lipinski definition) is 3. The van der Waals surface area contributed by atoms with Crippen molar-refractivity contribution in [1.29, 1.82) is 0 Å². The fourth-order valence-corrected chi connectivity index (χ4v) is 3.41. The minimum Gasteiger partial charge on any atom is -0.387 e. The lowest BCUT2D eigenvalue weighted by molar-refractivity contribution is 0.0700. The second-order valence-electron chi connectivity index (χ2n) is 5.26. The third kappa shape index (κ3) is 4.54. The minimum absolute atomic E-state index is 0.142. The summed E-state index contributed by atoms with van der Waals surface area (Å²) in [5.74, 6) is -2.55. The molecule has 8 heteroatoms. The van der Waals surface area contributed by atoms with Gasteiger partial charge in [-0.05, 0) is 36.3 Å². The Kier molecular flexibility index (Phi) is 5.57. The van der Waals surface area contributed by atoms with Crippen LogP contribution in [0.5, 0.6) is 0 Å². The van der Waals surface area contributed by atoms with Crippen LogP contribution in [-0.4, -0.2) is 41.3 Å². The molecule has 1 aromatic rings. The molecule has 0 aromatic heterocycles. The van der Waals surface area contributed by atoms with Crippen molar-refractivity contribution >= 4 is 17.8 Å². The van der Waals surface area contributed by atoms with Crippen LogP contribution in [0.15, 0.2) is 12.1 Å². The zero-order valence-corrected chi connectivity index (χ0v) is 12.6. The molecule has 2 rings (SSSR count). The van der Waals surface area contributed by atoms with Gasteiger partial charge in [0.1, 0.15) is 0 Å². The molecule has 2 amide bonds. The third-order valence-corrected chi connectivity index (χ3v) is 4.64. The van der Waals surface area contributed by atoms with Gasteiger partial charge in [0.15, 0.2) is 17.5 Å². The van der Waals surface area contributed by atoms with Crippen molar-refractivity contribution in [2.45, 2.75) is 18.4 Å². The van der Waals surface area contributed by atoms with Gasteiger partial charge in [0.25, 0.3) is 0 Å². The number of carbonyl (C=O) groups excluding carboxylic acids is 1. The normalized spacial score (nSPS) is 20.9. The fraction of sp³-hybridized carbons (Fsp3) is 0.500. The molecule has 0 radical (unpaired) electrons. The van der Waals surface area contributed by atoms with Crippen LogP contribution in [0.3, 0.4) is 0 Å². The monoisotopic (exact) mass is 334 g/mol. The SMILES string of the molecule is O=C(NCCc1cc(F)c(F)c(F)c1)NCC1(O)CCSC1. The van der Waals surface area contributed by atoms with Crippen molar-refractivity contribution < 1.29 is 23.1 Å². The molecule has 4 nitrogen and oxygen atoms in total. The number of benzene rings is 1. The summed E-state index contributed by atoms with van der Waals surface area (Å²) >= 11 is 1.63. The second-order valence-corrected chi connectivity index (χ2v) is 6.37. The van der Waals surface area contributed by atoms with Crippen LogP contribution >= 0.6 is 11.8 Å². The Morgan fingerprint density at radius 3 is 2.55 bits per heavy atom. The molecule has 122 valence electrons. The zero-order valence-electron chi connectivity index (χ0n) is 11.8. The van der Waals surface area contributed by atoms with E-state index in [0.717, 1.165) is 17.9 Å². The highest BCUT2D eigenvalue weighted by atomic mass is 32.2. The first-order valence-corrected chi connectivity index (χ1v) is 8.00. The number of urea groups is 1. The van der Waals surface area contributed by atoms with Crippen LogP contribution in [0.2, 0.25) is 0 Å². The molecular weight excluding hydrogens is 317 g/mol. The summed E-state index contributed by atoms with van der Waals surface area (Å²) in [6.07, 6.45) is 0.799. The van der Waals surface area contributed by atoms with E-state index in [0.29, 0.717) is 12.2 Å². The second kappa shape index (κ2) is 7.23. The van der Waals surface area contributed by atoms with Gasteiger partial charge < -0.3 is 15.7 Å². The number of nitrogens with one attached hydrogen (secondary N) is 2. The lowest BCUT2D eigenvalue weighted by atomic mass is 10.0. The Morgan fingerprint density at radius 1 is 1.27 bits per heavy atom. The number of aliphatic hydroxyl groups is 1. The summed E-state index contributed by atoms with van der Waals surface area (Å²) in [5.41, 5.74) is -0.617. The maximum Gasteiger partial charge on any atom is 0.314 e. The van der Waals surface area contributed by atoms with Crippen LogP contribution in [0.1, 0.15) is 12.0 Å². The van der Waals surface area contributed by atoms with E-state index in [1.54, 1.807) is 11.8 Å². The smallest absolute Gasteiger partial charge is 0.314 e. The Hall–Kier alpha value is -1.41. The summed E-state index contributed by atoms with van der Waals surface area (Å²) < 4.78 is 38.8. The minimum atomic E-state index is -1.50. The van der Waals surface area contributed by atoms with Gasteiger partial charge in [-0.25, -0.2) is 18.0 Å². The first-order chi connectivity index (χ1) is 10.4. The van der Waals surface area contributed by atoms with Crippen molar-refractivity contribution in [3.8, 4) is 0 Å². The fourth-order valence-electron chi connectivity index (χ4n) is 2.12. The molecule has 1 fully saturated rings. The van der Waals surface area contributed by atoms with Gasteiger partial charge >= 0.3 is 6.03 Å². The molecule has 1 atom stereocenters. The Labute approximate surface area is 130 Å². The average molecular weight is 334 g/mol. The summed E-state index contributed by atoms with van der Waals surface area (Å²) in [7, 11) is 0. The largest absolute Gasteiger partial charge is 0.387 e. The van der Waals surface area contributed by atoms with Gasteiger partial charge in [0.2, 0.25) is 0 Å². The number of amides is 2. The van der Waals surface area contributed by atoms with Crippen LogP contribution in [0.4, 0.5) is 18.0 Å². The van der Waals surface area contributed by atoms with E-state index in [-0.39, 0.29) is 25.1 Å². The summed E-state index contributed by atoms with van der Waals surface area (Å²) in [6, 6.07) is 1.33. The Morgan fingerprint density at radius 2 is 1.95 bits per heavy atom. The lowest BCUT2D eigenvalue weighted by Crippen LogP contribution is -2.46. The van der Waals surface area contributed by atoms with E-state index < -0.39 is 29.1 Å². The van der Waals surface area contributed by atoms with E-state index >= 15 is 0 Å². The summed E-state index contributed by atoms with van der Waals surface area (Å²) in [6.45, 7) is 0.301. The Bertz CT molecular complexity index is 528. The molecule has 0 spiro atoms. The third-order valence-electron chi connectivity index (χ3n) is 3.40. The highest BCUT2D eigenvalue weighted by molar-refractivity contribution is 7.99. The highest BCUT2D eigenvalue weighted by Crippen LogP contribution is 2.26. The highest BCUT2D eigenvalue weighted by Gasteiger charge is 2.31. The molecule has 0 bridgehead atoms. The predicted molar refractivity (Wildman–Crippen MR) is 78.3 cm³/mol. The summed E-state index contributed by atoms with van der Waals surface area (Å²) in [4.78, 5) is 11.6. The van der Waals surface area contributed by atoms with Gasteiger partial charge in [-0.15, -0.1) is 0 Å². The quantitative estimate of drug-likeness (QED) is 0.720. The Balaban J connectivity index is 1.73. The van der Waals surface area contributed by atoms with Crippen molar-refractivity contribution in [3.05, 3.63) is 35.1 Å². The molecule has 0 saturated carbocycles. The standard InChI is InChI=1S/C14H17F3N2O2S/c15-10-5-9(6-11(16)12(10)17)1-3-18-13(20)19-7-14(21)2-4-22-8-14/h5-6,21H,1-4,7-8H2,(H2,18,19,20). The van der Waals surface area contributed by atoms with E-state index in [9.17, 15) is 23.1 Å². The molecule has 1 aliphatic rings. The maximum absolute atomic E-state index is 13.0. The molecule has 1 heterocycles. The first kappa shape index (κ1) is 17.0. The molecule has 1 saturated heterocycles. The number of rotatable bonds is 5. The first-order valence-electron chi connectivity index (χ1n) is 6.85. The number of halogens is 3. The summed E-state index contributed by atoms with van der Waals surface area (Å²) in [5, 5.41) is 15.1. The molecule has 1 aromatic carbocycles. The van der Waals surface area contributed by atoms with Gasteiger partial charge in [-0.2, -0.15) is 11.8 Å². The average Bonchev–Trinajstić information content (AvgIpc) is 2.90. The van der Waals surface area contributed by atoms with Crippen molar-refractivity contribution in [2.75, 3.05) is 24.6 Å². The van der Waals surface area contributed by atoms with Crippen molar-refractivity contribution in [1.82, 2.24) is 10.6 Å². The van der Waals surface area contributed by atoms with E-state index in [1.165, 1.54) is 0 Å². The van der Waals surface area contributed by atoms with Crippen LogP contribution in [-0.2, 0) is 6.42 Å². The van der Waals surface area contributed by atoms with Gasteiger partial charge in [0, 0.05) is 18.8 Å². The predicted octanol–water partition coefficient (Wildman–Crippen LogP) is 1.81. The maximum atomic E-state index is 13.0. The van der Waals surface area contributed by atoms with Crippen LogP contribution in [0.25, 0.3) is 0 Å². The van der Waals surface area contributed by atoms with E-state index in [2.05, 4.69) is 10.6 Å². The number of carbonyl (C=O) groups is 1. The topological polar surface area (TPSA) is 61.4 Å². The van der Waals surface area contributed by atoms with Crippen molar-refractivity contribution in [3.63, 3.8) is 0 Å². The zero-order chi connectivity index (χ0) is 16.2. The van der Waals surface area contributed by atoms with Gasteiger partial charge in [-0.1, -0.05) is 0 Å². The van der Waals surface area contributed by atoms with Gasteiger partial charge in [0.05, 0.1) is 5.60 Å². The number of thioether (sulfide) groups is 1.